The third-order valence-electron chi connectivity index (χ3n) is 3.35. The Kier molecular flexibility index (Phi) is 3.72. The standard InChI is InChI=1S/C13H17BrN2O/c1-9-5-7-16(8-6-9)13(17)10-3-2-4-11(14)12(10)15/h2-4,9H,5-8,15H2,1H3. The molecule has 0 saturated carbocycles. The van der Waals surface area contributed by atoms with E-state index in [0.717, 1.165) is 36.3 Å². The van der Waals surface area contributed by atoms with Gasteiger partial charge in [0, 0.05) is 17.6 Å². The zero-order chi connectivity index (χ0) is 12.4. The number of carbonyl (C=O) groups excluding carboxylic acids is 1. The fourth-order valence-corrected chi connectivity index (χ4v) is 2.47. The number of piperidine rings is 1. The van der Waals surface area contributed by atoms with E-state index < -0.39 is 0 Å². The largest absolute Gasteiger partial charge is 0.397 e. The zero-order valence-corrected chi connectivity index (χ0v) is 11.5. The van der Waals surface area contributed by atoms with E-state index in [1.54, 1.807) is 6.07 Å². The van der Waals surface area contributed by atoms with Crippen molar-refractivity contribution >= 4 is 27.5 Å². The summed E-state index contributed by atoms with van der Waals surface area (Å²) in [5.41, 5.74) is 7.07. The number of halogens is 1. The van der Waals surface area contributed by atoms with Crippen LogP contribution in [-0.4, -0.2) is 23.9 Å². The molecule has 0 bridgehead atoms. The Balaban J connectivity index is 2.17. The van der Waals surface area contributed by atoms with Crippen LogP contribution in [0.25, 0.3) is 0 Å². The lowest BCUT2D eigenvalue weighted by Crippen LogP contribution is -2.38. The topological polar surface area (TPSA) is 46.3 Å². The predicted octanol–water partition coefficient (Wildman–Crippen LogP) is 2.90. The van der Waals surface area contributed by atoms with E-state index in [-0.39, 0.29) is 5.91 Å². The first-order chi connectivity index (χ1) is 8.09. The minimum absolute atomic E-state index is 0.0516. The van der Waals surface area contributed by atoms with Gasteiger partial charge in [-0.15, -0.1) is 0 Å². The van der Waals surface area contributed by atoms with E-state index in [2.05, 4.69) is 22.9 Å². The van der Waals surface area contributed by atoms with Gasteiger partial charge in [-0.3, -0.25) is 4.79 Å². The van der Waals surface area contributed by atoms with Crippen LogP contribution in [0.15, 0.2) is 22.7 Å². The number of nitrogen functional groups attached to an aromatic ring is 1. The Labute approximate surface area is 110 Å². The molecule has 0 radical (unpaired) electrons. The Bertz CT molecular complexity index is 425. The van der Waals surface area contributed by atoms with Crippen LogP contribution in [0.1, 0.15) is 30.1 Å². The van der Waals surface area contributed by atoms with Gasteiger partial charge in [0.15, 0.2) is 0 Å². The minimum atomic E-state index is 0.0516. The van der Waals surface area contributed by atoms with Gasteiger partial charge in [-0.2, -0.15) is 0 Å². The number of hydrogen-bond donors (Lipinski definition) is 1. The van der Waals surface area contributed by atoms with E-state index in [1.165, 1.54) is 0 Å². The average molecular weight is 297 g/mol. The molecule has 0 aromatic heterocycles. The average Bonchev–Trinajstić information content (AvgIpc) is 2.33. The van der Waals surface area contributed by atoms with E-state index in [0.29, 0.717) is 11.3 Å². The molecule has 17 heavy (non-hydrogen) atoms. The lowest BCUT2D eigenvalue weighted by atomic mass is 9.98. The molecule has 1 aromatic rings. The molecule has 1 amide bonds. The van der Waals surface area contributed by atoms with Crippen LogP contribution in [0.5, 0.6) is 0 Å². The van der Waals surface area contributed by atoms with Gasteiger partial charge in [0.05, 0.1) is 11.3 Å². The van der Waals surface area contributed by atoms with Crippen molar-refractivity contribution < 1.29 is 4.79 Å². The van der Waals surface area contributed by atoms with Crippen molar-refractivity contribution in [3.8, 4) is 0 Å². The molecule has 92 valence electrons. The van der Waals surface area contributed by atoms with Gasteiger partial charge in [0.2, 0.25) is 0 Å². The van der Waals surface area contributed by atoms with Crippen molar-refractivity contribution in [2.45, 2.75) is 19.8 Å². The van der Waals surface area contributed by atoms with E-state index in [4.69, 9.17) is 5.73 Å². The first kappa shape index (κ1) is 12.4. The number of carbonyl (C=O) groups is 1. The highest BCUT2D eigenvalue weighted by atomic mass is 79.9. The monoisotopic (exact) mass is 296 g/mol. The molecule has 0 aliphatic carbocycles. The van der Waals surface area contributed by atoms with E-state index >= 15 is 0 Å². The number of para-hydroxylation sites is 1. The maximum atomic E-state index is 12.3. The SMILES string of the molecule is CC1CCN(C(=O)c2cccc(Br)c2N)CC1. The summed E-state index contributed by atoms with van der Waals surface area (Å²) in [5.74, 6) is 0.773. The number of rotatable bonds is 1. The molecular weight excluding hydrogens is 280 g/mol. The van der Waals surface area contributed by atoms with Crippen molar-refractivity contribution in [1.82, 2.24) is 4.90 Å². The number of likely N-dealkylation sites (tertiary alicyclic amines) is 1. The van der Waals surface area contributed by atoms with Gasteiger partial charge < -0.3 is 10.6 Å². The predicted molar refractivity (Wildman–Crippen MR) is 72.9 cm³/mol. The summed E-state index contributed by atoms with van der Waals surface area (Å²) >= 11 is 3.35. The van der Waals surface area contributed by atoms with Crippen LogP contribution in [0, 0.1) is 5.92 Å². The van der Waals surface area contributed by atoms with Gasteiger partial charge in [-0.25, -0.2) is 0 Å². The lowest BCUT2D eigenvalue weighted by molar-refractivity contribution is 0.0698. The number of amides is 1. The first-order valence-electron chi connectivity index (χ1n) is 5.93. The second-order valence-corrected chi connectivity index (χ2v) is 5.53. The second kappa shape index (κ2) is 5.08. The lowest BCUT2D eigenvalue weighted by Gasteiger charge is -2.30. The fraction of sp³-hybridized carbons (Fsp3) is 0.462. The van der Waals surface area contributed by atoms with E-state index in [9.17, 15) is 4.79 Å². The molecule has 4 heteroatoms. The zero-order valence-electron chi connectivity index (χ0n) is 9.95. The van der Waals surface area contributed by atoms with Crippen molar-refractivity contribution in [2.24, 2.45) is 5.92 Å². The number of hydrogen-bond acceptors (Lipinski definition) is 2. The van der Waals surface area contributed by atoms with Crippen LogP contribution in [0.2, 0.25) is 0 Å². The number of nitrogens with zero attached hydrogens (tertiary/aromatic N) is 1. The van der Waals surface area contributed by atoms with Gasteiger partial charge in [0.25, 0.3) is 5.91 Å². The molecule has 3 nitrogen and oxygen atoms in total. The third kappa shape index (κ3) is 2.63. The Morgan fingerprint density at radius 3 is 2.71 bits per heavy atom. The Morgan fingerprint density at radius 1 is 1.41 bits per heavy atom. The summed E-state index contributed by atoms with van der Waals surface area (Å²) in [6.07, 6.45) is 2.17. The van der Waals surface area contributed by atoms with Crippen LogP contribution in [0.4, 0.5) is 5.69 Å². The smallest absolute Gasteiger partial charge is 0.255 e. The molecule has 0 atom stereocenters. The molecule has 2 rings (SSSR count). The van der Waals surface area contributed by atoms with E-state index in [1.807, 2.05) is 17.0 Å². The molecule has 0 unspecified atom stereocenters. The minimum Gasteiger partial charge on any atom is -0.397 e. The highest BCUT2D eigenvalue weighted by Crippen LogP contribution is 2.25. The second-order valence-electron chi connectivity index (χ2n) is 4.68. The molecule has 1 aliphatic rings. The van der Waals surface area contributed by atoms with Crippen LogP contribution in [-0.2, 0) is 0 Å². The molecule has 1 fully saturated rings. The quantitative estimate of drug-likeness (QED) is 0.810. The molecule has 1 heterocycles. The molecular formula is C13H17BrN2O. The highest BCUT2D eigenvalue weighted by molar-refractivity contribution is 9.10. The molecule has 1 aliphatic heterocycles. The number of anilines is 1. The van der Waals surface area contributed by atoms with Gasteiger partial charge in [-0.1, -0.05) is 13.0 Å². The normalized spacial score (nSPS) is 17.2. The molecule has 1 aromatic carbocycles. The van der Waals surface area contributed by atoms with Crippen molar-refractivity contribution in [1.29, 1.82) is 0 Å². The first-order valence-corrected chi connectivity index (χ1v) is 6.72. The summed E-state index contributed by atoms with van der Waals surface area (Å²) in [5, 5.41) is 0. The summed E-state index contributed by atoms with van der Waals surface area (Å²) in [4.78, 5) is 14.2. The summed E-state index contributed by atoms with van der Waals surface area (Å²) in [6, 6.07) is 5.49. The van der Waals surface area contributed by atoms with Crippen molar-refractivity contribution in [2.75, 3.05) is 18.8 Å². The third-order valence-corrected chi connectivity index (χ3v) is 4.05. The van der Waals surface area contributed by atoms with Crippen molar-refractivity contribution in [3.63, 3.8) is 0 Å². The highest BCUT2D eigenvalue weighted by Gasteiger charge is 2.23. The van der Waals surface area contributed by atoms with Gasteiger partial charge in [-0.05, 0) is 46.8 Å². The molecule has 0 spiro atoms. The van der Waals surface area contributed by atoms with Crippen LogP contribution < -0.4 is 5.73 Å². The summed E-state index contributed by atoms with van der Waals surface area (Å²) < 4.78 is 0.786. The maximum Gasteiger partial charge on any atom is 0.255 e. The summed E-state index contributed by atoms with van der Waals surface area (Å²) in [6.45, 7) is 3.91. The molecule has 1 saturated heterocycles. The molecule has 2 N–H and O–H groups in total. The van der Waals surface area contributed by atoms with Crippen molar-refractivity contribution in [3.05, 3.63) is 28.2 Å². The van der Waals surface area contributed by atoms with Gasteiger partial charge in [0.1, 0.15) is 0 Å². The number of nitrogens with two attached hydrogens (primary N) is 1. The van der Waals surface area contributed by atoms with Crippen LogP contribution >= 0.6 is 15.9 Å². The Morgan fingerprint density at radius 2 is 2.06 bits per heavy atom. The fourth-order valence-electron chi connectivity index (χ4n) is 2.11. The maximum absolute atomic E-state index is 12.3. The Hall–Kier alpha value is -1.03. The van der Waals surface area contributed by atoms with Gasteiger partial charge >= 0.3 is 0 Å². The summed E-state index contributed by atoms with van der Waals surface area (Å²) in [7, 11) is 0. The number of benzene rings is 1. The van der Waals surface area contributed by atoms with Crippen LogP contribution in [0.3, 0.4) is 0 Å².